The maximum absolute atomic E-state index is 11.3. The van der Waals surface area contributed by atoms with Crippen molar-refractivity contribution in [3.05, 3.63) is 23.8 Å². The highest BCUT2D eigenvalue weighted by molar-refractivity contribution is 5.94. The lowest BCUT2D eigenvalue weighted by atomic mass is 10.0. The third kappa shape index (κ3) is 2.61. The Hall–Kier alpha value is -2.04. The predicted molar refractivity (Wildman–Crippen MR) is 67.3 cm³/mol. The van der Waals surface area contributed by atoms with Crippen LogP contribution in [0.3, 0.4) is 0 Å². The molecule has 1 aliphatic rings. The van der Waals surface area contributed by atoms with Crippen molar-refractivity contribution in [2.45, 2.75) is 32.3 Å². The standard InChI is InChI=1S/C13H16N2O3/c1-2-11(13(14)17)18-9-5-3-8-4-6-12(16)15-10(8)7-9/h3,5,7,11H,2,4,6H2,1H3,(H2,14,17)(H,15,16). The summed E-state index contributed by atoms with van der Waals surface area (Å²) in [7, 11) is 0. The molecule has 0 saturated carbocycles. The number of benzene rings is 1. The van der Waals surface area contributed by atoms with E-state index in [0.717, 1.165) is 17.7 Å². The molecule has 0 aromatic heterocycles. The first-order valence-electron chi connectivity index (χ1n) is 5.99. The molecule has 96 valence electrons. The van der Waals surface area contributed by atoms with Crippen molar-refractivity contribution in [3.8, 4) is 5.75 Å². The fraction of sp³-hybridized carbons (Fsp3) is 0.385. The Labute approximate surface area is 105 Å². The van der Waals surface area contributed by atoms with E-state index in [9.17, 15) is 9.59 Å². The van der Waals surface area contributed by atoms with E-state index in [4.69, 9.17) is 10.5 Å². The second kappa shape index (κ2) is 5.08. The molecule has 0 fully saturated rings. The van der Waals surface area contributed by atoms with E-state index < -0.39 is 12.0 Å². The van der Waals surface area contributed by atoms with Crippen LogP contribution in [0.25, 0.3) is 0 Å². The largest absolute Gasteiger partial charge is 0.481 e. The van der Waals surface area contributed by atoms with Crippen LogP contribution in [0.2, 0.25) is 0 Å². The number of amides is 2. The number of hydrogen-bond donors (Lipinski definition) is 2. The Morgan fingerprint density at radius 2 is 2.28 bits per heavy atom. The number of nitrogens with two attached hydrogens (primary N) is 1. The lowest BCUT2D eigenvalue weighted by Gasteiger charge is -2.19. The van der Waals surface area contributed by atoms with E-state index in [1.54, 1.807) is 12.1 Å². The smallest absolute Gasteiger partial charge is 0.258 e. The third-order valence-corrected chi connectivity index (χ3v) is 2.94. The Kier molecular flexibility index (Phi) is 3.50. The van der Waals surface area contributed by atoms with Gasteiger partial charge in [-0.15, -0.1) is 0 Å². The lowest BCUT2D eigenvalue weighted by Crippen LogP contribution is -2.33. The summed E-state index contributed by atoms with van der Waals surface area (Å²) < 4.78 is 5.50. The van der Waals surface area contributed by atoms with Gasteiger partial charge in [0.2, 0.25) is 5.91 Å². The molecule has 1 unspecified atom stereocenters. The Morgan fingerprint density at radius 3 is 2.94 bits per heavy atom. The highest BCUT2D eigenvalue weighted by Gasteiger charge is 2.18. The minimum atomic E-state index is -0.637. The maximum atomic E-state index is 11.3. The number of carbonyl (C=O) groups is 2. The summed E-state index contributed by atoms with van der Waals surface area (Å²) in [5.74, 6) is 0.0578. The molecular formula is C13H16N2O3. The first-order chi connectivity index (χ1) is 8.60. The van der Waals surface area contributed by atoms with Crippen LogP contribution in [-0.4, -0.2) is 17.9 Å². The first kappa shape index (κ1) is 12.4. The quantitative estimate of drug-likeness (QED) is 0.840. The predicted octanol–water partition coefficient (Wildman–Crippen LogP) is 1.21. The molecule has 0 spiro atoms. The molecule has 5 nitrogen and oxygen atoms in total. The molecule has 2 amide bonds. The van der Waals surface area contributed by atoms with E-state index in [1.807, 2.05) is 13.0 Å². The number of ether oxygens (including phenoxy) is 1. The highest BCUT2D eigenvalue weighted by Crippen LogP contribution is 2.27. The van der Waals surface area contributed by atoms with Crippen LogP contribution in [-0.2, 0) is 16.0 Å². The van der Waals surface area contributed by atoms with Gasteiger partial charge in [0.15, 0.2) is 6.10 Å². The third-order valence-electron chi connectivity index (χ3n) is 2.94. The summed E-state index contributed by atoms with van der Waals surface area (Å²) in [6.45, 7) is 1.83. The van der Waals surface area contributed by atoms with Crippen molar-refractivity contribution in [2.24, 2.45) is 5.73 Å². The molecule has 0 saturated heterocycles. The van der Waals surface area contributed by atoms with Crippen LogP contribution in [0, 0.1) is 0 Å². The number of carbonyl (C=O) groups excluding carboxylic acids is 2. The van der Waals surface area contributed by atoms with Crippen molar-refractivity contribution in [2.75, 3.05) is 5.32 Å². The normalized spacial score (nSPS) is 15.5. The van der Waals surface area contributed by atoms with Crippen LogP contribution in [0.4, 0.5) is 5.69 Å². The number of nitrogens with one attached hydrogen (secondary N) is 1. The number of aryl methyl sites for hydroxylation is 1. The van der Waals surface area contributed by atoms with Gasteiger partial charge >= 0.3 is 0 Å². The maximum Gasteiger partial charge on any atom is 0.258 e. The SMILES string of the molecule is CCC(Oc1ccc2c(c1)NC(=O)CC2)C(N)=O. The van der Waals surface area contributed by atoms with Gasteiger partial charge in [0, 0.05) is 18.2 Å². The summed E-state index contributed by atoms with van der Waals surface area (Å²) >= 11 is 0. The fourth-order valence-corrected chi connectivity index (χ4v) is 1.93. The molecule has 1 heterocycles. The molecule has 1 atom stereocenters. The molecular weight excluding hydrogens is 232 g/mol. The van der Waals surface area contributed by atoms with Crippen LogP contribution < -0.4 is 15.8 Å². The zero-order chi connectivity index (χ0) is 13.1. The van der Waals surface area contributed by atoms with Gasteiger partial charge in [0.05, 0.1) is 0 Å². The average molecular weight is 248 g/mol. The van der Waals surface area contributed by atoms with E-state index >= 15 is 0 Å². The number of primary amides is 1. The molecule has 0 bridgehead atoms. The molecule has 0 radical (unpaired) electrons. The first-order valence-corrected chi connectivity index (χ1v) is 5.99. The van der Waals surface area contributed by atoms with Crippen molar-refractivity contribution in [1.82, 2.24) is 0 Å². The Morgan fingerprint density at radius 1 is 1.50 bits per heavy atom. The molecule has 1 aromatic rings. The van der Waals surface area contributed by atoms with Gasteiger partial charge in [-0.3, -0.25) is 9.59 Å². The molecule has 1 aromatic carbocycles. The summed E-state index contributed by atoms with van der Waals surface area (Å²) in [6, 6.07) is 5.43. The number of anilines is 1. The van der Waals surface area contributed by atoms with E-state index in [0.29, 0.717) is 18.6 Å². The minimum Gasteiger partial charge on any atom is -0.481 e. The van der Waals surface area contributed by atoms with Gasteiger partial charge in [-0.1, -0.05) is 13.0 Å². The van der Waals surface area contributed by atoms with Gasteiger partial charge in [-0.25, -0.2) is 0 Å². The van der Waals surface area contributed by atoms with Gasteiger partial charge in [0.25, 0.3) is 5.91 Å². The van der Waals surface area contributed by atoms with Crippen LogP contribution >= 0.6 is 0 Å². The van der Waals surface area contributed by atoms with Crippen molar-refractivity contribution < 1.29 is 14.3 Å². The van der Waals surface area contributed by atoms with Crippen molar-refractivity contribution in [3.63, 3.8) is 0 Å². The molecule has 18 heavy (non-hydrogen) atoms. The fourth-order valence-electron chi connectivity index (χ4n) is 1.93. The van der Waals surface area contributed by atoms with Crippen LogP contribution in [0.5, 0.6) is 5.75 Å². The molecule has 3 N–H and O–H groups in total. The van der Waals surface area contributed by atoms with E-state index in [1.165, 1.54) is 0 Å². The molecule has 5 heteroatoms. The zero-order valence-corrected chi connectivity index (χ0v) is 10.2. The van der Waals surface area contributed by atoms with Crippen LogP contribution in [0.1, 0.15) is 25.3 Å². The molecule has 2 rings (SSSR count). The van der Waals surface area contributed by atoms with Gasteiger partial charge < -0.3 is 15.8 Å². The zero-order valence-electron chi connectivity index (χ0n) is 10.2. The van der Waals surface area contributed by atoms with Gasteiger partial charge in [0.1, 0.15) is 5.75 Å². The lowest BCUT2D eigenvalue weighted by molar-refractivity contribution is -0.124. The van der Waals surface area contributed by atoms with Crippen LogP contribution in [0.15, 0.2) is 18.2 Å². The van der Waals surface area contributed by atoms with E-state index in [2.05, 4.69) is 5.32 Å². The molecule has 0 aliphatic carbocycles. The second-order valence-electron chi connectivity index (χ2n) is 4.28. The second-order valence-corrected chi connectivity index (χ2v) is 4.28. The van der Waals surface area contributed by atoms with Crippen molar-refractivity contribution >= 4 is 17.5 Å². The number of fused-ring (bicyclic) bond motifs is 1. The Balaban J connectivity index is 2.18. The van der Waals surface area contributed by atoms with E-state index in [-0.39, 0.29) is 5.91 Å². The summed E-state index contributed by atoms with van der Waals surface area (Å²) in [4.78, 5) is 22.4. The van der Waals surface area contributed by atoms with Gasteiger partial charge in [-0.05, 0) is 24.5 Å². The Bertz CT molecular complexity index is 485. The molecule has 1 aliphatic heterocycles. The minimum absolute atomic E-state index is 0.00147. The number of rotatable bonds is 4. The summed E-state index contributed by atoms with van der Waals surface area (Å²) in [6.07, 6.45) is 1.11. The average Bonchev–Trinajstić information content (AvgIpc) is 2.35. The summed E-state index contributed by atoms with van der Waals surface area (Å²) in [5.41, 5.74) is 7.05. The topological polar surface area (TPSA) is 81.4 Å². The monoisotopic (exact) mass is 248 g/mol. The number of hydrogen-bond acceptors (Lipinski definition) is 3. The highest BCUT2D eigenvalue weighted by atomic mass is 16.5. The van der Waals surface area contributed by atoms with Gasteiger partial charge in [-0.2, -0.15) is 0 Å². The van der Waals surface area contributed by atoms with Crippen molar-refractivity contribution in [1.29, 1.82) is 0 Å². The summed E-state index contributed by atoms with van der Waals surface area (Å²) in [5, 5.41) is 2.79.